The van der Waals surface area contributed by atoms with E-state index < -0.39 is 0 Å². The largest absolute Gasteiger partial charge is 2.00 e. The van der Waals surface area contributed by atoms with E-state index in [1.54, 1.807) is 24.8 Å². The number of nitrogens with zero attached hydrogens (tertiary/aromatic N) is 6. The van der Waals surface area contributed by atoms with E-state index in [1.165, 1.54) is 10.8 Å². The summed E-state index contributed by atoms with van der Waals surface area (Å²) in [5, 5.41) is 4.65. The number of rotatable bonds is 2. The van der Waals surface area contributed by atoms with E-state index in [1.807, 2.05) is 133 Å². The average Bonchev–Trinajstić information content (AvgIpc) is 3.79. The average molecular weight is 856 g/mol. The standard InChI is InChI=1S/2C11H7N2.2C11H8N.2Pd/c2*1-2-6-10-8(4-1)9-5-3-7-12-11(9)13-10;2*1-2-6-10(7-3-1)11-8-4-5-9-12-11;;/h2*1-7H;2*1-6,8-9H;;/q4*-1;2*+2. The van der Waals surface area contributed by atoms with Crippen LogP contribution in [0.15, 0.2) is 183 Å². The molecule has 6 aromatic heterocycles. The molecule has 6 heterocycles. The zero-order valence-electron chi connectivity index (χ0n) is 27.6. The molecular formula is C44H30N6Pd2. The maximum Gasteiger partial charge on any atom is 2.00 e. The van der Waals surface area contributed by atoms with E-state index in [2.05, 4.69) is 66.3 Å². The molecule has 0 amide bonds. The molecule has 0 unspecified atom stereocenters. The topological polar surface area (TPSA) is 79.8 Å². The van der Waals surface area contributed by atoms with Crippen molar-refractivity contribution in [2.75, 3.05) is 0 Å². The summed E-state index contributed by atoms with van der Waals surface area (Å²) in [7, 11) is 0. The van der Waals surface area contributed by atoms with Crippen molar-refractivity contribution in [3.8, 4) is 22.5 Å². The zero-order valence-corrected chi connectivity index (χ0v) is 30.7. The Bertz CT molecular complexity index is 2180. The van der Waals surface area contributed by atoms with Crippen LogP contribution in [0.2, 0.25) is 0 Å². The summed E-state index contributed by atoms with van der Waals surface area (Å²) in [6, 6.07) is 57.8. The van der Waals surface area contributed by atoms with Crippen LogP contribution in [0.25, 0.3) is 66.4 Å². The summed E-state index contributed by atoms with van der Waals surface area (Å²) in [5.41, 5.74) is 7.74. The number of aromatic nitrogens is 6. The fourth-order valence-electron chi connectivity index (χ4n) is 5.37. The van der Waals surface area contributed by atoms with Crippen molar-refractivity contribution in [3.63, 3.8) is 0 Å². The predicted octanol–water partition coefficient (Wildman–Crippen LogP) is 9.78. The molecule has 256 valence electrons. The van der Waals surface area contributed by atoms with Crippen molar-refractivity contribution < 1.29 is 40.8 Å². The Morgan fingerprint density at radius 1 is 0.346 bits per heavy atom. The summed E-state index contributed by atoms with van der Waals surface area (Å²) >= 11 is 0. The SMILES string of the molecule is [Pd+2].[Pd+2].[c-]1ccccc1-c1ccccn1.[c-]1ccccc1-c1ccccn1.c1ccc2c(c1)[n-]c1ncccc12.c1ccc2c(c1)[n-]c1ncccc12. The second kappa shape index (κ2) is 19.1. The molecule has 0 atom stereocenters. The Hall–Kier alpha value is -5.60. The molecular weight excluding hydrogens is 825 g/mol. The minimum atomic E-state index is 0. The van der Waals surface area contributed by atoms with Gasteiger partial charge in [0.2, 0.25) is 0 Å². The number of hydrogen-bond acceptors (Lipinski definition) is 4. The van der Waals surface area contributed by atoms with Crippen LogP contribution in [0.1, 0.15) is 0 Å². The van der Waals surface area contributed by atoms with Crippen molar-refractivity contribution >= 4 is 43.9 Å². The molecule has 0 aliphatic heterocycles. The molecule has 0 N–H and O–H groups in total. The molecule has 8 heteroatoms. The number of pyridine rings is 4. The first-order valence-electron chi connectivity index (χ1n) is 16.1. The van der Waals surface area contributed by atoms with Gasteiger partial charge in [0, 0.05) is 12.4 Å². The quantitative estimate of drug-likeness (QED) is 0.127. The maximum absolute atomic E-state index is 4.40. The minimum absolute atomic E-state index is 0. The molecule has 0 saturated heterocycles. The third-order valence-corrected chi connectivity index (χ3v) is 7.71. The van der Waals surface area contributed by atoms with E-state index >= 15 is 0 Å². The molecule has 10 aromatic rings. The molecule has 0 spiro atoms. The Morgan fingerprint density at radius 2 is 0.731 bits per heavy atom. The van der Waals surface area contributed by atoms with Gasteiger partial charge in [-0.2, -0.15) is 0 Å². The van der Waals surface area contributed by atoms with Crippen LogP contribution < -0.4 is 9.97 Å². The van der Waals surface area contributed by atoms with E-state index in [4.69, 9.17) is 0 Å². The zero-order chi connectivity index (χ0) is 33.8. The first-order valence-corrected chi connectivity index (χ1v) is 16.1. The van der Waals surface area contributed by atoms with Crippen molar-refractivity contribution in [1.29, 1.82) is 0 Å². The summed E-state index contributed by atoms with van der Waals surface area (Å²) in [6.45, 7) is 0. The van der Waals surface area contributed by atoms with Crippen molar-refractivity contribution in [1.82, 2.24) is 29.9 Å². The predicted molar refractivity (Wildman–Crippen MR) is 202 cm³/mol. The van der Waals surface area contributed by atoms with Crippen molar-refractivity contribution in [3.05, 3.63) is 195 Å². The monoisotopic (exact) mass is 854 g/mol. The smallest absolute Gasteiger partial charge is 0.442 e. The van der Waals surface area contributed by atoms with Crippen LogP contribution in [0.4, 0.5) is 0 Å². The molecule has 0 radical (unpaired) electrons. The number of para-hydroxylation sites is 2. The van der Waals surface area contributed by atoms with Gasteiger partial charge in [0.25, 0.3) is 0 Å². The Kier molecular flexibility index (Phi) is 13.9. The maximum atomic E-state index is 4.40. The van der Waals surface area contributed by atoms with Gasteiger partial charge in [-0.25, -0.2) is 0 Å². The van der Waals surface area contributed by atoms with Crippen LogP contribution in [-0.2, 0) is 40.8 Å². The van der Waals surface area contributed by atoms with Crippen molar-refractivity contribution in [2.45, 2.75) is 0 Å². The second-order valence-electron chi connectivity index (χ2n) is 11.0. The summed E-state index contributed by atoms with van der Waals surface area (Å²) < 4.78 is 0. The fourth-order valence-corrected chi connectivity index (χ4v) is 5.37. The van der Waals surface area contributed by atoms with Crippen LogP contribution >= 0.6 is 0 Å². The molecule has 4 aromatic carbocycles. The van der Waals surface area contributed by atoms with Crippen molar-refractivity contribution in [2.24, 2.45) is 0 Å². The van der Waals surface area contributed by atoms with E-state index in [-0.39, 0.29) is 40.8 Å². The first kappa shape index (κ1) is 37.7. The number of fused-ring (bicyclic) bond motifs is 6. The third kappa shape index (κ3) is 9.39. The Morgan fingerprint density at radius 3 is 1.13 bits per heavy atom. The summed E-state index contributed by atoms with van der Waals surface area (Å²) in [4.78, 5) is 25.7. The first-order chi connectivity index (χ1) is 24.8. The van der Waals surface area contributed by atoms with Gasteiger partial charge >= 0.3 is 40.8 Å². The van der Waals surface area contributed by atoms with Crippen LogP contribution in [-0.4, -0.2) is 19.9 Å². The number of benzene rings is 4. The van der Waals surface area contributed by atoms with Crippen LogP contribution in [0.5, 0.6) is 0 Å². The molecule has 52 heavy (non-hydrogen) atoms. The van der Waals surface area contributed by atoms with Gasteiger partial charge in [0.1, 0.15) is 0 Å². The molecule has 0 fully saturated rings. The van der Waals surface area contributed by atoms with Crippen LogP contribution in [0.3, 0.4) is 0 Å². The normalized spacial score (nSPS) is 10.0. The van der Waals surface area contributed by atoms with Gasteiger partial charge in [-0.05, 0) is 56.1 Å². The summed E-state index contributed by atoms with van der Waals surface area (Å²) in [6.07, 6.45) is 7.12. The van der Waals surface area contributed by atoms with Gasteiger partial charge in [-0.3, -0.25) is 0 Å². The van der Waals surface area contributed by atoms with Gasteiger partial charge in [-0.15, -0.1) is 71.8 Å². The molecule has 0 aliphatic rings. The van der Waals surface area contributed by atoms with Gasteiger partial charge < -0.3 is 29.9 Å². The number of hydrogen-bond donors (Lipinski definition) is 0. The molecule has 6 nitrogen and oxygen atoms in total. The molecule has 0 aliphatic carbocycles. The molecule has 10 rings (SSSR count). The molecule has 0 saturated carbocycles. The van der Waals surface area contributed by atoms with Gasteiger partial charge in [-0.1, -0.05) is 121 Å². The fraction of sp³-hybridized carbons (Fsp3) is 0. The van der Waals surface area contributed by atoms with Gasteiger partial charge in [0.15, 0.2) is 0 Å². The third-order valence-electron chi connectivity index (χ3n) is 7.71. The molecule has 0 bridgehead atoms. The second-order valence-corrected chi connectivity index (χ2v) is 11.0. The Labute approximate surface area is 329 Å². The summed E-state index contributed by atoms with van der Waals surface area (Å²) in [5.74, 6) is 0. The van der Waals surface area contributed by atoms with Crippen LogP contribution in [0, 0.1) is 12.1 Å². The Balaban J connectivity index is 0.000000132. The minimum Gasteiger partial charge on any atom is -0.442 e. The van der Waals surface area contributed by atoms with E-state index in [0.29, 0.717) is 0 Å². The van der Waals surface area contributed by atoms with E-state index in [9.17, 15) is 0 Å². The van der Waals surface area contributed by atoms with E-state index in [0.717, 1.165) is 55.6 Å². The van der Waals surface area contributed by atoms with Gasteiger partial charge in [0.05, 0.1) is 0 Å².